The molecule has 0 heterocycles. The zero-order valence-corrected chi connectivity index (χ0v) is 50.9. The average molecular weight is 1080 g/mol. The Balaban J connectivity index is 4.22. The second-order valence-electron chi connectivity index (χ2n) is 21.3. The largest absolute Gasteiger partial charge is 0.462 e. The fourth-order valence-electron chi connectivity index (χ4n) is 8.91. The number of carbonyl (C=O) groups is 3. The van der Waals surface area contributed by atoms with Gasteiger partial charge in [-0.25, -0.2) is 0 Å². The third-order valence-electron chi connectivity index (χ3n) is 13.7. The lowest BCUT2D eigenvalue weighted by molar-refractivity contribution is -0.167. The summed E-state index contributed by atoms with van der Waals surface area (Å²) in [6, 6.07) is 0. The van der Waals surface area contributed by atoms with E-state index in [0.29, 0.717) is 19.3 Å². The Morgan fingerprint density at radius 3 is 0.795 bits per heavy atom. The van der Waals surface area contributed by atoms with Crippen LogP contribution in [-0.4, -0.2) is 37.2 Å². The third-order valence-corrected chi connectivity index (χ3v) is 13.7. The summed E-state index contributed by atoms with van der Waals surface area (Å²) < 4.78 is 16.9. The molecule has 0 radical (unpaired) electrons. The minimum Gasteiger partial charge on any atom is -0.462 e. The molecular formula is C72H120O6. The molecule has 0 fully saturated rings. The van der Waals surface area contributed by atoms with Gasteiger partial charge in [-0.3, -0.25) is 14.4 Å². The Hall–Kier alpha value is -4.19. The number of ether oxygens (including phenoxy) is 3. The maximum Gasteiger partial charge on any atom is 0.306 e. The highest BCUT2D eigenvalue weighted by molar-refractivity contribution is 5.71. The summed E-state index contributed by atoms with van der Waals surface area (Å²) >= 11 is 0. The molecule has 0 aliphatic heterocycles. The quantitative estimate of drug-likeness (QED) is 0.0261. The first kappa shape index (κ1) is 73.8. The monoisotopic (exact) mass is 1080 g/mol. The second kappa shape index (κ2) is 65.3. The van der Waals surface area contributed by atoms with E-state index >= 15 is 0 Å². The minimum atomic E-state index is -0.791. The van der Waals surface area contributed by atoms with Gasteiger partial charge in [-0.1, -0.05) is 290 Å². The van der Waals surface area contributed by atoms with Crippen LogP contribution in [0, 0.1) is 0 Å². The fourth-order valence-corrected chi connectivity index (χ4v) is 8.91. The van der Waals surface area contributed by atoms with Gasteiger partial charge in [-0.05, 0) is 109 Å². The molecule has 444 valence electrons. The van der Waals surface area contributed by atoms with Crippen molar-refractivity contribution in [3.63, 3.8) is 0 Å². The van der Waals surface area contributed by atoms with E-state index in [4.69, 9.17) is 14.2 Å². The predicted molar refractivity (Wildman–Crippen MR) is 339 cm³/mol. The summed E-state index contributed by atoms with van der Waals surface area (Å²) in [7, 11) is 0. The number of hydrogen-bond donors (Lipinski definition) is 0. The molecule has 0 aromatic rings. The Morgan fingerprint density at radius 2 is 0.500 bits per heavy atom. The van der Waals surface area contributed by atoms with Gasteiger partial charge in [0, 0.05) is 19.3 Å². The first-order valence-electron chi connectivity index (χ1n) is 32.5. The van der Waals surface area contributed by atoms with Gasteiger partial charge in [-0.15, -0.1) is 0 Å². The first-order valence-corrected chi connectivity index (χ1v) is 32.5. The predicted octanol–water partition coefficient (Wildman–Crippen LogP) is 22.4. The molecule has 0 aliphatic carbocycles. The van der Waals surface area contributed by atoms with E-state index in [0.717, 1.165) is 128 Å². The van der Waals surface area contributed by atoms with Crippen LogP contribution in [0.2, 0.25) is 0 Å². The molecule has 1 unspecified atom stereocenters. The van der Waals surface area contributed by atoms with Gasteiger partial charge in [0.25, 0.3) is 0 Å². The van der Waals surface area contributed by atoms with Crippen molar-refractivity contribution in [1.82, 2.24) is 0 Å². The van der Waals surface area contributed by atoms with Gasteiger partial charge in [-0.2, -0.15) is 0 Å². The van der Waals surface area contributed by atoms with Gasteiger partial charge in [0.2, 0.25) is 0 Å². The molecule has 0 rings (SSSR count). The van der Waals surface area contributed by atoms with E-state index in [1.807, 2.05) is 0 Å². The van der Waals surface area contributed by atoms with Crippen molar-refractivity contribution in [1.29, 1.82) is 0 Å². The van der Waals surface area contributed by atoms with Crippen LogP contribution in [0.3, 0.4) is 0 Å². The molecule has 0 bridgehead atoms. The van der Waals surface area contributed by atoms with Gasteiger partial charge in [0.1, 0.15) is 13.2 Å². The summed E-state index contributed by atoms with van der Waals surface area (Å²) in [6.45, 7) is 6.40. The van der Waals surface area contributed by atoms with Gasteiger partial charge >= 0.3 is 17.9 Å². The van der Waals surface area contributed by atoms with E-state index < -0.39 is 6.10 Å². The van der Waals surface area contributed by atoms with Crippen LogP contribution in [-0.2, 0) is 28.6 Å². The second-order valence-corrected chi connectivity index (χ2v) is 21.3. The first-order chi connectivity index (χ1) is 38.5. The molecule has 78 heavy (non-hydrogen) atoms. The Bertz CT molecular complexity index is 1620. The zero-order chi connectivity index (χ0) is 56.4. The highest BCUT2D eigenvalue weighted by atomic mass is 16.6. The van der Waals surface area contributed by atoms with Crippen molar-refractivity contribution in [2.24, 2.45) is 0 Å². The van der Waals surface area contributed by atoms with Crippen LogP contribution < -0.4 is 0 Å². The van der Waals surface area contributed by atoms with E-state index in [1.165, 1.54) is 128 Å². The number of unbranched alkanes of at least 4 members (excludes halogenated alkanes) is 27. The van der Waals surface area contributed by atoms with E-state index in [-0.39, 0.29) is 31.1 Å². The van der Waals surface area contributed by atoms with E-state index in [2.05, 4.69) is 142 Å². The summed E-state index contributed by atoms with van der Waals surface area (Å²) in [5.41, 5.74) is 0. The molecule has 0 aromatic carbocycles. The zero-order valence-electron chi connectivity index (χ0n) is 50.9. The molecule has 1 atom stereocenters. The topological polar surface area (TPSA) is 78.9 Å². The number of allylic oxidation sites excluding steroid dienone is 20. The van der Waals surface area contributed by atoms with Crippen LogP contribution >= 0.6 is 0 Å². The van der Waals surface area contributed by atoms with Crippen LogP contribution in [0.1, 0.15) is 297 Å². The van der Waals surface area contributed by atoms with Gasteiger partial charge < -0.3 is 14.2 Å². The number of rotatable bonds is 58. The molecular weight excluding hydrogens is 961 g/mol. The minimum absolute atomic E-state index is 0.0880. The molecule has 0 saturated heterocycles. The third kappa shape index (κ3) is 62.7. The smallest absolute Gasteiger partial charge is 0.306 e. The standard InChI is InChI=1S/C72H120O6/c1-4-7-10-13-16-19-22-25-27-28-29-30-31-32-33-34-35-36-37-38-39-40-41-42-43-44-45-48-50-53-56-59-62-65-71(74)77-68-69(67-76-70(73)64-61-58-55-52-49-46-24-21-18-15-12-9-6-3)78-72(75)66-63-60-57-54-51-47-26-23-20-17-14-11-8-5-2/h7,9-10,12,16,18-19,21,25,27,29-30,32-33,35-36,38-39,46,49,69H,4-6,8,11,13-15,17,20,22-24,26,28,31,34,37,40-45,47-48,50-68H2,1-3H3/b10-7-,12-9-,19-16-,21-18-,27-25-,30-29-,33-32-,36-35-,39-38-,49-46-. The molecule has 0 aliphatic rings. The van der Waals surface area contributed by atoms with Crippen molar-refractivity contribution in [2.75, 3.05) is 13.2 Å². The number of hydrogen-bond acceptors (Lipinski definition) is 6. The van der Waals surface area contributed by atoms with Gasteiger partial charge in [0.05, 0.1) is 0 Å². The summed E-state index contributed by atoms with van der Waals surface area (Å²) in [5, 5.41) is 0. The van der Waals surface area contributed by atoms with Crippen LogP contribution in [0.5, 0.6) is 0 Å². The van der Waals surface area contributed by atoms with Crippen molar-refractivity contribution < 1.29 is 28.6 Å². The lowest BCUT2D eigenvalue weighted by Gasteiger charge is -2.18. The average Bonchev–Trinajstić information content (AvgIpc) is 3.44. The van der Waals surface area contributed by atoms with Crippen LogP contribution in [0.4, 0.5) is 0 Å². The molecule has 6 nitrogen and oxygen atoms in total. The lowest BCUT2D eigenvalue weighted by atomic mass is 10.0. The molecule has 0 N–H and O–H groups in total. The normalized spacial score (nSPS) is 12.9. The SMILES string of the molecule is CC/C=C\C/C=C\C/C=C\C/C=C\C/C=C\C/C=C\C/C=C\CCCCCCCCCCCCCC(=O)OCC(COC(=O)CCCCC/C=C\C/C=C\C/C=C\CC)OC(=O)CCCCCCCCCCCCCCCC. The van der Waals surface area contributed by atoms with Crippen molar-refractivity contribution in [3.05, 3.63) is 122 Å². The Labute approximate surface area is 482 Å². The number of esters is 3. The highest BCUT2D eigenvalue weighted by Gasteiger charge is 2.19. The Kier molecular flexibility index (Phi) is 61.8. The highest BCUT2D eigenvalue weighted by Crippen LogP contribution is 2.16. The van der Waals surface area contributed by atoms with Crippen LogP contribution in [0.15, 0.2) is 122 Å². The van der Waals surface area contributed by atoms with Crippen molar-refractivity contribution in [3.8, 4) is 0 Å². The molecule has 0 spiro atoms. The summed E-state index contributed by atoms with van der Waals surface area (Å²) in [5.74, 6) is -0.914. The maximum atomic E-state index is 12.9. The van der Waals surface area contributed by atoms with Crippen molar-refractivity contribution >= 4 is 17.9 Å². The molecule has 6 heteroatoms. The van der Waals surface area contributed by atoms with Gasteiger partial charge in [0.15, 0.2) is 6.10 Å². The molecule has 0 aromatic heterocycles. The lowest BCUT2D eigenvalue weighted by Crippen LogP contribution is -2.30. The summed E-state index contributed by atoms with van der Waals surface area (Å²) in [6.07, 6.45) is 90.7. The number of carbonyl (C=O) groups excluding carboxylic acids is 3. The Morgan fingerprint density at radius 1 is 0.269 bits per heavy atom. The van der Waals surface area contributed by atoms with E-state index in [9.17, 15) is 14.4 Å². The summed E-state index contributed by atoms with van der Waals surface area (Å²) in [4.78, 5) is 38.2. The fraction of sp³-hybridized carbons (Fsp3) is 0.681. The molecule has 0 saturated carbocycles. The van der Waals surface area contributed by atoms with Crippen molar-refractivity contribution in [2.45, 2.75) is 303 Å². The molecule has 0 amide bonds. The maximum absolute atomic E-state index is 12.9. The van der Waals surface area contributed by atoms with Crippen LogP contribution in [0.25, 0.3) is 0 Å². The van der Waals surface area contributed by atoms with E-state index in [1.54, 1.807) is 0 Å².